The third-order valence-corrected chi connectivity index (χ3v) is 4.06. The molecule has 6 heteroatoms. The van der Waals surface area contributed by atoms with E-state index in [1.807, 2.05) is 6.92 Å². The number of alkyl halides is 3. The van der Waals surface area contributed by atoms with E-state index in [0.29, 0.717) is 19.0 Å². The number of rotatable bonds is 2. The molecule has 1 aliphatic heterocycles. The molecule has 0 aromatic heterocycles. The number of carbonyl (C=O) groups excluding carboxylic acids is 1. The zero-order valence-electron chi connectivity index (χ0n) is 10.3. The van der Waals surface area contributed by atoms with Crippen molar-refractivity contribution >= 4 is 5.91 Å². The second-order valence-corrected chi connectivity index (χ2v) is 5.47. The first-order valence-corrected chi connectivity index (χ1v) is 6.34. The Hall–Kier alpha value is -0.780. The number of piperidine rings is 1. The van der Waals surface area contributed by atoms with E-state index in [1.165, 1.54) is 0 Å². The number of hydrogen-bond donors (Lipinski definition) is 1. The quantitative estimate of drug-likeness (QED) is 0.827. The Balaban J connectivity index is 1.83. The van der Waals surface area contributed by atoms with Crippen LogP contribution in [0.15, 0.2) is 0 Å². The molecule has 1 saturated heterocycles. The number of halogens is 3. The molecule has 0 aromatic carbocycles. The van der Waals surface area contributed by atoms with Crippen molar-refractivity contribution in [2.24, 2.45) is 17.8 Å². The highest BCUT2D eigenvalue weighted by Crippen LogP contribution is 2.40. The molecule has 1 heterocycles. The van der Waals surface area contributed by atoms with Crippen LogP contribution >= 0.6 is 0 Å². The number of hydrogen-bond acceptors (Lipinski definition) is 2. The Morgan fingerprint density at radius 1 is 1.33 bits per heavy atom. The Morgan fingerprint density at radius 2 is 1.83 bits per heavy atom. The van der Waals surface area contributed by atoms with Crippen LogP contribution in [-0.4, -0.2) is 41.3 Å². The lowest BCUT2D eigenvalue weighted by Gasteiger charge is -2.34. The van der Waals surface area contributed by atoms with Crippen molar-refractivity contribution in [2.45, 2.75) is 38.5 Å². The maximum atomic E-state index is 12.3. The number of aliphatic hydroxyl groups excluding tert-OH is 1. The SMILES string of the molecule is CC1CC1C(=O)N1CCC(C(O)C(F)(F)F)CC1. The van der Waals surface area contributed by atoms with Crippen LogP contribution in [0.1, 0.15) is 26.2 Å². The van der Waals surface area contributed by atoms with Gasteiger partial charge in [-0.3, -0.25) is 4.79 Å². The molecular weight excluding hydrogens is 247 g/mol. The van der Waals surface area contributed by atoms with Gasteiger partial charge < -0.3 is 10.0 Å². The molecule has 1 amide bonds. The first kappa shape index (κ1) is 13.6. The molecule has 2 aliphatic rings. The van der Waals surface area contributed by atoms with Crippen molar-refractivity contribution in [2.75, 3.05) is 13.1 Å². The minimum atomic E-state index is -4.55. The minimum absolute atomic E-state index is 0.0717. The van der Waals surface area contributed by atoms with Crippen molar-refractivity contribution < 1.29 is 23.1 Å². The van der Waals surface area contributed by atoms with Crippen LogP contribution in [0.5, 0.6) is 0 Å². The summed E-state index contributed by atoms with van der Waals surface area (Å²) in [6.07, 6.45) is -5.46. The van der Waals surface area contributed by atoms with Crippen molar-refractivity contribution in [3.8, 4) is 0 Å². The number of carbonyl (C=O) groups is 1. The summed E-state index contributed by atoms with van der Waals surface area (Å²) in [6.45, 7) is 2.67. The van der Waals surface area contributed by atoms with Crippen LogP contribution in [0.3, 0.4) is 0 Å². The van der Waals surface area contributed by atoms with E-state index in [-0.39, 0.29) is 24.7 Å². The molecule has 3 unspecified atom stereocenters. The summed E-state index contributed by atoms with van der Waals surface area (Å²) >= 11 is 0. The van der Waals surface area contributed by atoms with Crippen LogP contribution in [0, 0.1) is 17.8 Å². The normalized spacial score (nSPS) is 31.3. The average molecular weight is 265 g/mol. The summed E-state index contributed by atoms with van der Waals surface area (Å²) in [4.78, 5) is 13.5. The number of aliphatic hydroxyl groups is 1. The average Bonchev–Trinajstić information content (AvgIpc) is 3.03. The van der Waals surface area contributed by atoms with Gasteiger partial charge in [0.05, 0.1) is 0 Å². The largest absolute Gasteiger partial charge is 0.414 e. The highest BCUT2D eigenvalue weighted by molar-refractivity contribution is 5.81. The fourth-order valence-electron chi connectivity index (χ4n) is 2.60. The molecule has 0 spiro atoms. The molecule has 1 aliphatic carbocycles. The van der Waals surface area contributed by atoms with E-state index in [9.17, 15) is 23.1 Å². The van der Waals surface area contributed by atoms with Gasteiger partial charge in [-0.1, -0.05) is 6.92 Å². The number of likely N-dealkylation sites (tertiary alicyclic amines) is 1. The Morgan fingerprint density at radius 3 is 2.22 bits per heavy atom. The van der Waals surface area contributed by atoms with E-state index < -0.39 is 18.2 Å². The minimum Gasteiger partial charge on any atom is -0.383 e. The Bertz CT molecular complexity index is 324. The van der Waals surface area contributed by atoms with E-state index in [2.05, 4.69) is 0 Å². The third kappa shape index (κ3) is 2.79. The van der Waals surface area contributed by atoms with E-state index in [0.717, 1.165) is 6.42 Å². The topological polar surface area (TPSA) is 40.5 Å². The third-order valence-electron chi connectivity index (χ3n) is 4.06. The van der Waals surface area contributed by atoms with Crippen LogP contribution in [0.4, 0.5) is 13.2 Å². The predicted octanol–water partition coefficient (Wildman–Crippen LogP) is 1.80. The first-order chi connectivity index (χ1) is 8.30. The van der Waals surface area contributed by atoms with E-state index >= 15 is 0 Å². The van der Waals surface area contributed by atoms with Crippen LogP contribution in [0.2, 0.25) is 0 Å². The molecule has 104 valence electrons. The maximum absolute atomic E-state index is 12.3. The monoisotopic (exact) mass is 265 g/mol. The molecule has 1 N–H and O–H groups in total. The first-order valence-electron chi connectivity index (χ1n) is 6.34. The van der Waals surface area contributed by atoms with Crippen LogP contribution in [0.25, 0.3) is 0 Å². The van der Waals surface area contributed by atoms with Gasteiger partial charge in [-0.2, -0.15) is 13.2 Å². The standard InChI is InChI=1S/C12H18F3NO2/c1-7-6-9(7)11(18)16-4-2-8(3-5-16)10(17)12(13,14)15/h7-10,17H,2-6H2,1H3. The van der Waals surface area contributed by atoms with Gasteiger partial charge >= 0.3 is 6.18 Å². The smallest absolute Gasteiger partial charge is 0.383 e. The molecule has 0 radical (unpaired) electrons. The van der Waals surface area contributed by atoms with Gasteiger partial charge in [0.2, 0.25) is 5.91 Å². The van der Waals surface area contributed by atoms with Crippen LogP contribution in [-0.2, 0) is 4.79 Å². The Labute approximate surface area is 104 Å². The van der Waals surface area contributed by atoms with Crippen molar-refractivity contribution in [3.05, 3.63) is 0 Å². The van der Waals surface area contributed by atoms with E-state index in [1.54, 1.807) is 4.90 Å². The van der Waals surface area contributed by atoms with Gasteiger partial charge in [0.1, 0.15) is 0 Å². The molecule has 2 rings (SSSR count). The van der Waals surface area contributed by atoms with E-state index in [4.69, 9.17) is 0 Å². The zero-order valence-corrected chi connectivity index (χ0v) is 10.3. The fourth-order valence-corrected chi connectivity index (χ4v) is 2.60. The zero-order chi connectivity index (χ0) is 13.5. The number of nitrogens with zero attached hydrogens (tertiary/aromatic N) is 1. The fraction of sp³-hybridized carbons (Fsp3) is 0.917. The summed E-state index contributed by atoms with van der Waals surface area (Å²) in [5, 5.41) is 9.17. The van der Waals surface area contributed by atoms with Crippen molar-refractivity contribution in [1.29, 1.82) is 0 Å². The van der Waals surface area contributed by atoms with Gasteiger partial charge in [0, 0.05) is 19.0 Å². The van der Waals surface area contributed by atoms with Crippen molar-refractivity contribution in [1.82, 2.24) is 4.90 Å². The molecule has 18 heavy (non-hydrogen) atoms. The van der Waals surface area contributed by atoms with Gasteiger partial charge in [0.25, 0.3) is 0 Å². The van der Waals surface area contributed by atoms with Gasteiger partial charge in [-0.25, -0.2) is 0 Å². The summed E-state index contributed by atoms with van der Waals surface area (Å²) in [5.74, 6) is -0.210. The lowest BCUT2D eigenvalue weighted by atomic mass is 9.90. The Kier molecular flexibility index (Phi) is 3.58. The lowest BCUT2D eigenvalue weighted by molar-refractivity contribution is -0.223. The second kappa shape index (κ2) is 4.72. The molecule has 1 saturated carbocycles. The summed E-state index contributed by atoms with van der Waals surface area (Å²) in [5.41, 5.74) is 0. The summed E-state index contributed by atoms with van der Waals surface area (Å²) in [7, 11) is 0. The highest BCUT2D eigenvalue weighted by Gasteiger charge is 2.46. The van der Waals surface area contributed by atoms with Crippen molar-refractivity contribution in [3.63, 3.8) is 0 Å². The van der Waals surface area contributed by atoms with Gasteiger partial charge in [-0.15, -0.1) is 0 Å². The molecule has 3 nitrogen and oxygen atoms in total. The molecule has 2 fully saturated rings. The molecule has 0 aromatic rings. The second-order valence-electron chi connectivity index (χ2n) is 5.47. The maximum Gasteiger partial charge on any atom is 0.414 e. The summed E-state index contributed by atoms with van der Waals surface area (Å²) in [6, 6.07) is 0. The highest BCUT2D eigenvalue weighted by atomic mass is 19.4. The molecular formula is C12H18F3NO2. The molecule has 0 bridgehead atoms. The van der Waals surface area contributed by atoms with Gasteiger partial charge in [0.15, 0.2) is 6.10 Å². The summed E-state index contributed by atoms with van der Waals surface area (Å²) < 4.78 is 37.0. The predicted molar refractivity (Wildman–Crippen MR) is 58.6 cm³/mol. The molecule has 3 atom stereocenters. The van der Waals surface area contributed by atoms with Gasteiger partial charge in [-0.05, 0) is 31.1 Å². The number of amides is 1. The lowest BCUT2D eigenvalue weighted by Crippen LogP contribution is -2.45. The van der Waals surface area contributed by atoms with Crippen LogP contribution < -0.4 is 0 Å².